The monoisotopic (exact) mass is 305 g/mol. The fourth-order valence-corrected chi connectivity index (χ4v) is 2.50. The van der Waals surface area contributed by atoms with Crippen LogP contribution in [0.3, 0.4) is 0 Å². The third-order valence-electron chi connectivity index (χ3n) is 3.05. The molecular formula is C14H19N5OS. The minimum absolute atomic E-state index is 0.0297. The Morgan fingerprint density at radius 1 is 1.33 bits per heavy atom. The van der Waals surface area contributed by atoms with Crippen LogP contribution in [-0.2, 0) is 24.9 Å². The highest BCUT2D eigenvalue weighted by Crippen LogP contribution is 2.14. The number of nitrogens with zero attached hydrogens (tertiary/aromatic N) is 3. The van der Waals surface area contributed by atoms with Gasteiger partial charge >= 0.3 is 0 Å². The van der Waals surface area contributed by atoms with Crippen molar-refractivity contribution in [1.82, 2.24) is 20.1 Å². The second kappa shape index (κ2) is 7.24. The van der Waals surface area contributed by atoms with Crippen molar-refractivity contribution in [2.24, 2.45) is 12.8 Å². The number of aryl methyl sites for hydroxylation is 1. The summed E-state index contributed by atoms with van der Waals surface area (Å²) in [6.45, 7) is 2.91. The Bertz CT molecular complexity index is 608. The number of rotatable bonds is 6. The van der Waals surface area contributed by atoms with E-state index in [4.69, 9.17) is 5.73 Å². The van der Waals surface area contributed by atoms with Crippen LogP contribution in [0.25, 0.3) is 0 Å². The van der Waals surface area contributed by atoms with Crippen molar-refractivity contribution in [2.45, 2.75) is 25.2 Å². The minimum Gasteiger partial charge on any atom is -0.351 e. The average Bonchev–Trinajstić information content (AvgIpc) is 2.85. The van der Waals surface area contributed by atoms with Gasteiger partial charge in [-0.1, -0.05) is 41.6 Å². The van der Waals surface area contributed by atoms with E-state index < -0.39 is 0 Å². The molecule has 1 amide bonds. The molecule has 0 aliphatic rings. The molecule has 0 aliphatic heterocycles. The largest absolute Gasteiger partial charge is 0.351 e. The number of hydrogen-bond donors (Lipinski definition) is 2. The van der Waals surface area contributed by atoms with Crippen LogP contribution in [0, 0.1) is 6.92 Å². The molecule has 1 heterocycles. The molecule has 1 aromatic carbocycles. The molecule has 0 fully saturated rings. The third kappa shape index (κ3) is 4.30. The third-order valence-corrected chi connectivity index (χ3v) is 4.07. The number of thioether (sulfide) groups is 1. The Balaban J connectivity index is 1.79. The van der Waals surface area contributed by atoms with Crippen LogP contribution < -0.4 is 11.1 Å². The lowest BCUT2D eigenvalue weighted by atomic mass is 10.1. The molecule has 3 N–H and O–H groups in total. The molecule has 0 radical (unpaired) electrons. The fraction of sp³-hybridized carbons (Fsp3) is 0.357. The molecule has 112 valence electrons. The summed E-state index contributed by atoms with van der Waals surface area (Å²) in [6, 6.07) is 8.09. The van der Waals surface area contributed by atoms with Crippen molar-refractivity contribution in [3.05, 3.63) is 41.2 Å². The lowest BCUT2D eigenvalue weighted by Gasteiger charge is -2.06. The van der Waals surface area contributed by atoms with Crippen LogP contribution in [0.4, 0.5) is 0 Å². The van der Waals surface area contributed by atoms with E-state index in [1.54, 1.807) is 4.57 Å². The smallest absolute Gasteiger partial charge is 0.230 e. The molecule has 7 heteroatoms. The highest BCUT2D eigenvalue weighted by Gasteiger charge is 2.10. The molecule has 0 spiro atoms. The van der Waals surface area contributed by atoms with Gasteiger partial charge in [0.2, 0.25) is 5.91 Å². The lowest BCUT2D eigenvalue weighted by Crippen LogP contribution is -2.24. The van der Waals surface area contributed by atoms with E-state index in [9.17, 15) is 4.79 Å². The first-order valence-corrected chi connectivity index (χ1v) is 7.62. The Labute approximate surface area is 128 Å². The molecule has 0 aliphatic carbocycles. The van der Waals surface area contributed by atoms with Gasteiger partial charge in [-0.25, -0.2) is 0 Å². The van der Waals surface area contributed by atoms with Crippen LogP contribution in [0.5, 0.6) is 0 Å². The van der Waals surface area contributed by atoms with Gasteiger partial charge in [-0.3, -0.25) is 4.79 Å². The summed E-state index contributed by atoms with van der Waals surface area (Å²) < 4.78 is 1.80. The maximum absolute atomic E-state index is 11.8. The van der Waals surface area contributed by atoms with Gasteiger partial charge in [0.15, 0.2) is 5.16 Å². The van der Waals surface area contributed by atoms with E-state index in [2.05, 4.69) is 15.5 Å². The molecule has 2 aromatic rings. The molecule has 0 atom stereocenters. The van der Waals surface area contributed by atoms with E-state index in [0.29, 0.717) is 29.8 Å². The predicted molar refractivity (Wildman–Crippen MR) is 82.6 cm³/mol. The lowest BCUT2D eigenvalue weighted by molar-refractivity contribution is -0.118. The molecule has 0 bridgehead atoms. The summed E-state index contributed by atoms with van der Waals surface area (Å²) in [7, 11) is 1.84. The van der Waals surface area contributed by atoms with Gasteiger partial charge in [0.25, 0.3) is 0 Å². The van der Waals surface area contributed by atoms with E-state index in [-0.39, 0.29) is 5.91 Å². The number of aromatic nitrogens is 3. The van der Waals surface area contributed by atoms with Crippen LogP contribution in [0.2, 0.25) is 0 Å². The standard InChI is InChI=1S/C14H19N5OS/c1-10-3-5-11(6-4-10)8-16-13(20)9-21-14-18-17-12(7-15)19(14)2/h3-6H,7-9,15H2,1-2H3,(H,16,20). The zero-order valence-electron chi connectivity index (χ0n) is 12.2. The van der Waals surface area contributed by atoms with Crippen molar-refractivity contribution >= 4 is 17.7 Å². The van der Waals surface area contributed by atoms with Crippen molar-refractivity contribution in [3.8, 4) is 0 Å². The van der Waals surface area contributed by atoms with Gasteiger partial charge in [0.05, 0.1) is 12.3 Å². The highest BCUT2D eigenvalue weighted by molar-refractivity contribution is 7.99. The first-order chi connectivity index (χ1) is 10.1. The number of carbonyl (C=O) groups excluding carboxylic acids is 1. The number of amides is 1. The summed E-state index contributed by atoms with van der Waals surface area (Å²) in [4.78, 5) is 11.8. The molecule has 21 heavy (non-hydrogen) atoms. The molecule has 0 unspecified atom stereocenters. The summed E-state index contributed by atoms with van der Waals surface area (Å²) in [5, 5.41) is 11.5. The summed E-state index contributed by atoms with van der Waals surface area (Å²) in [6.07, 6.45) is 0. The minimum atomic E-state index is -0.0297. The predicted octanol–water partition coefficient (Wildman–Crippen LogP) is 0.991. The average molecular weight is 305 g/mol. The molecular weight excluding hydrogens is 286 g/mol. The van der Waals surface area contributed by atoms with E-state index >= 15 is 0 Å². The SMILES string of the molecule is Cc1ccc(CNC(=O)CSc2nnc(CN)n2C)cc1. The first-order valence-electron chi connectivity index (χ1n) is 6.63. The van der Waals surface area contributed by atoms with Crippen LogP contribution in [0.1, 0.15) is 17.0 Å². The van der Waals surface area contributed by atoms with Gasteiger partial charge in [-0.15, -0.1) is 10.2 Å². The second-order valence-electron chi connectivity index (χ2n) is 4.71. The molecule has 0 saturated carbocycles. The first kappa shape index (κ1) is 15.5. The molecule has 0 saturated heterocycles. The highest BCUT2D eigenvalue weighted by atomic mass is 32.2. The molecule has 6 nitrogen and oxygen atoms in total. The van der Waals surface area contributed by atoms with Gasteiger partial charge in [-0.2, -0.15) is 0 Å². The van der Waals surface area contributed by atoms with Gasteiger partial charge in [-0.05, 0) is 12.5 Å². The Kier molecular flexibility index (Phi) is 5.35. The Morgan fingerprint density at radius 3 is 2.67 bits per heavy atom. The van der Waals surface area contributed by atoms with E-state index in [1.807, 2.05) is 38.2 Å². The summed E-state index contributed by atoms with van der Waals surface area (Å²) in [5.41, 5.74) is 7.82. The Morgan fingerprint density at radius 2 is 2.05 bits per heavy atom. The molecule has 2 rings (SSSR count). The molecule has 1 aromatic heterocycles. The normalized spacial score (nSPS) is 10.6. The number of carbonyl (C=O) groups is 1. The van der Waals surface area contributed by atoms with E-state index in [1.165, 1.54) is 17.3 Å². The second-order valence-corrected chi connectivity index (χ2v) is 5.66. The quantitative estimate of drug-likeness (QED) is 0.777. The number of benzene rings is 1. The Hall–Kier alpha value is -1.86. The number of nitrogens with two attached hydrogens (primary N) is 1. The van der Waals surface area contributed by atoms with Gasteiger partial charge in [0, 0.05) is 13.6 Å². The van der Waals surface area contributed by atoms with Crippen LogP contribution >= 0.6 is 11.8 Å². The van der Waals surface area contributed by atoms with Crippen molar-refractivity contribution in [1.29, 1.82) is 0 Å². The van der Waals surface area contributed by atoms with Crippen LogP contribution in [0.15, 0.2) is 29.4 Å². The van der Waals surface area contributed by atoms with Gasteiger partial charge < -0.3 is 15.6 Å². The number of hydrogen-bond acceptors (Lipinski definition) is 5. The summed E-state index contributed by atoms with van der Waals surface area (Å²) in [5.74, 6) is 0.984. The van der Waals surface area contributed by atoms with Gasteiger partial charge in [0.1, 0.15) is 5.82 Å². The van der Waals surface area contributed by atoms with Crippen LogP contribution in [-0.4, -0.2) is 26.4 Å². The van der Waals surface area contributed by atoms with Crippen molar-refractivity contribution in [3.63, 3.8) is 0 Å². The maximum atomic E-state index is 11.8. The topological polar surface area (TPSA) is 85.8 Å². The zero-order valence-corrected chi connectivity index (χ0v) is 13.0. The van der Waals surface area contributed by atoms with Crippen molar-refractivity contribution < 1.29 is 4.79 Å². The summed E-state index contributed by atoms with van der Waals surface area (Å²) >= 11 is 1.35. The van der Waals surface area contributed by atoms with Crippen molar-refractivity contribution in [2.75, 3.05) is 5.75 Å². The van der Waals surface area contributed by atoms with E-state index in [0.717, 1.165) is 5.56 Å². The zero-order chi connectivity index (χ0) is 15.2. The number of nitrogens with one attached hydrogen (secondary N) is 1. The maximum Gasteiger partial charge on any atom is 0.230 e. The fourth-order valence-electron chi connectivity index (χ4n) is 1.74.